The van der Waals surface area contributed by atoms with Gasteiger partial charge >= 0.3 is 5.97 Å². The van der Waals surface area contributed by atoms with Crippen molar-refractivity contribution in [2.45, 2.75) is 25.1 Å². The lowest BCUT2D eigenvalue weighted by atomic mass is 10.2. The van der Waals surface area contributed by atoms with Crippen LogP contribution in [0.2, 0.25) is 0 Å². The quantitative estimate of drug-likeness (QED) is 0.774. The number of hydrogen-bond acceptors (Lipinski definition) is 5. The summed E-state index contributed by atoms with van der Waals surface area (Å²) in [5.41, 5.74) is 7.62. The summed E-state index contributed by atoms with van der Waals surface area (Å²) in [7, 11) is 0. The van der Waals surface area contributed by atoms with Gasteiger partial charge in [-0.2, -0.15) is 11.8 Å². The van der Waals surface area contributed by atoms with Crippen molar-refractivity contribution in [3.8, 4) is 0 Å². The molecule has 1 atom stereocenters. The topological polar surface area (TPSA) is 97.7 Å². The van der Waals surface area contributed by atoms with E-state index in [0.29, 0.717) is 29.3 Å². The lowest BCUT2D eigenvalue weighted by molar-refractivity contribution is -0.138. The Balaban J connectivity index is 2.02. The van der Waals surface area contributed by atoms with Crippen LogP contribution in [0.3, 0.4) is 0 Å². The summed E-state index contributed by atoms with van der Waals surface area (Å²) >= 11 is 1.52. The number of pyridine rings is 1. The molecule has 3 N–H and O–H groups in total. The Morgan fingerprint density at radius 3 is 3.00 bits per heavy atom. The standard InChI is InChI=1S/C14H17N3O3S/c1-9-2-3-12-16-10(6-13(18)17(12)7-9)8-21-5-4-11(15)14(19)20/h2-3,6-7,11H,4-5,8,15H2,1H3,(H,19,20). The van der Waals surface area contributed by atoms with E-state index in [4.69, 9.17) is 10.8 Å². The van der Waals surface area contributed by atoms with Crippen LogP contribution >= 0.6 is 11.8 Å². The highest BCUT2D eigenvalue weighted by molar-refractivity contribution is 7.98. The number of nitrogens with zero attached hydrogens (tertiary/aromatic N) is 2. The second-order valence-corrected chi connectivity index (χ2v) is 5.91. The fourth-order valence-electron chi connectivity index (χ4n) is 1.84. The Kier molecular flexibility index (Phi) is 4.98. The smallest absolute Gasteiger partial charge is 0.320 e. The molecule has 0 aromatic carbocycles. The van der Waals surface area contributed by atoms with Crippen LogP contribution in [-0.4, -0.2) is 32.3 Å². The Morgan fingerprint density at radius 1 is 1.52 bits per heavy atom. The molecule has 21 heavy (non-hydrogen) atoms. The van der Waals surface area contributed by atoms with Gasteiger partial charge in [-0.3, -0.25) is 14.0 Å². The molecule has 2 aromatic heterocycles. The molecule has 6 nitrogen and oxygen atoms in total. The summed E-state index contributed by atoms with van der Waals surface area (Å²) in [5, 5.41) is 8.68. The number of carboxylic acid groups (broad SMARTS) is 1. The van der Waals surface area contributed by atoms with Crippen molar-refractivity contribution in [1.29, 1.82) is 0 Å². The third-order valence-electron chi connectivity index (χ3n) is 3.00. The Morgan fingerprint density at radius 2 is 2.29 bits per heavy atom. The van der Waals surface area contributed by atoms with Crippen LogP contribution in [0.15, 0.2) is 29.2 Å². The second kappa shape index (κ2) is 6.73. The molecule has 0 amide bonds. The Labute approximate surface area is 126 Å². The molecule has 1 unspecified atom stereocenters. The molecule has 0 saturated heterocycles. The number of thioether (sulfide) groups is 1. The first-order valence-electron chi connectivity index (χ1n) is 6.52. The lowest BCUT2D eigenvalue weighted by Crippen LogP contribution is -2.30. The monoisotopic (exact) mass is 307 g/mol. The molecule has 0 bridgehead atoms. The molecule has 2 rings (SSSR count). The maximum atomic E-state index is 12.0. The zero-order chi connectivity index (χ0) is 15.4. The molecular weight excluding hydrogens is 290 g/mol. The third kappa shape index (κ3) is 4.05. The van der Waals surface area contributed by atoms with Crippen LogP contribution in [0.1, 0.15) is 17.7 Å². The van der Waals surface area contributed by atoms with Crippen molar-refractivity contribution in [1.82, 2.24) is 9.38 Å². The van der Waals surface area contributed by atoms with Gasteiger partial charge in [0.1, 0.15) is 11.7 Å². The van der Waals surface area contributed by atoms with E-state index >= 15 is 0 Å². The zero-order valence-corrected chi connectivity index (χ0v) is 12.5. The Bertz CT molecular complexity index is 714. The van der Waals surface area contributed by atoms with Crippen molar-refractivity contribution < 1.29 is 9.90 Å². The van der Waals surface area contributed by atoms with E-state index in [0.717, 1.165) is 5.56 Å². The van der Waals surface area contributed by atoms with Crippen molar-refractivity contribution in [3.63, 3.8) is 0 Å². The minimum atomic E-state index is -0.993. The second-order valence-electron chi connectivity index (χ2n) is 4.81. The van der Waals surface area contributed by atoms with E-state index in [-0.39, 0.29) is 5.56 Å². The summed E-state index contributed by atoms with van der Waals surface area (Å²) in [6, 6.07) is 4.39. The molecule has 0 aliphatic heterocycles. The third-order valence-corrected chi connectivity index (χ3v) is 4.03. The van der Waals surface area contributed by atoms with Crippen LogP contribution in [0.4, 0.5) is 0 Å². The predicted octanol–water partition coefficient (Wildman–Crippen LogP) is 1.04. The number of aryl methyl sites for hydroxylation is 1. The maximum absolute atomic E-state index is 12.0. The number of aromatic nitrogens is 2. The van der Waals surface area contributed by atoms with Crippen LogP contribution in [0.25, 0.3) is 5.65 Å². The van der Waals surface area contributed by atoms with Crippen molar-refractivity contribution in [2.24, 2.45) is 5.73 Å². The summed E-state index contributed by atoms with van der Waals surface area (Å²) in [5.74, 6) is 0.182. The number of carboxylic acids is 1. The number of fused-ring (bicyclic) bond motifs is 1. The van der Waals surface area contributed by atoms with Gasteiger partial charge in [-0.25, -0.2) is 4.98 Å². The molecular formula is C14H17N3O3S. The highest BCUT2D eigenvalue weighted by Gasteiger charge is 2.10. The van der Waals surface area contributed by atoms with Gasteiger partial charge in [0.25, 0.3) is 5.56 Å². The summed E-state index contributed by atoms with van der Waals surface area (Å²) < 4.78 is 1.52. The van der Waals surface area contributed by atoms with Crippen molar-refractivity contribution in [3.05, 3.63) is 46.0 Å². The first-order chi connectivity index (χ1) is 9.97. The van der Waals surface area contributed by atoms with Crippen molar-refractivity contribution >= 4 is 23.4 Å². The van der Waals surface area contributed by atoms with E-state index in [9.17, 15) is 9.59 Å². The summed E-state index contributed by atoms with van der Waals surface area (Å²) in [6.07, 6.45) is 2.15. The minimum absolute atomic E-state index is 0.110. The fourth-order valence-corrected chi connectivity index (χ4v) is 2.76. The molecule has 0 aliphatic carbocycles. The molecule has 0 saturated carbocycles. The molecule has 2 aromatic rings. The Hall–Kier alpha value is -1.86. The molecule has 7 heteroatoms. The first-order valence-corrected chi connectivity index (χ1v) is 7.68. The molecule has 112 valence electrons. The highest BCUT2D eigenvalue weighted by atomic mass is 32.2. The number of aliphatic carboxylic acids is 1. The molecule has 0 fully saturated rings. The number of rotatable bonds is 6. The number of hydrogen-bond donors (Lipinski definition) is 2. The predicted molar refractivity (Wildman–Crippen MR) is 82.6 cm³/mol. The molecule has 0 aliphatic rings. The SMILES string of the molecule is Cc1ccc2nc(CSCCC(N)C(=O)O)cc(=O)n2c1. The van der Waals surface area contributed by atoms with Gasteiger partial charge in [-0.05, 0) is 30.7 Å². The van der Waals surface area contributed by atoms with E-state index in [1.807, 2.05) is 19.1 Å². The summed E-state index contributed by atoms with van der Waals surface area (Å²) in [6.45, 7) is 1.92. The van der Waals surface area contributed by atoms with E-state index in [1.165, 1.54) is 22.2 Å². The number of nitrogens with two attached hydrogens (primary N) is 1. The summed E-state index contributed by atoms with van der Waals surface area (Å²) in [4.78, 5) is 27.0. The maximum Gasteiger partial charge on any atom is 0.320 e. The van der Waals surface area contributed by atoms with Crippen LogP contribution in [0, 0.1) is 6.92 Å². The van der Waals surface area contributed by atoms with Gasteiger partial charge in [0.05, 0.1) is 5.69 Å². The van der Waals surface area contributed by atoms with Gasteiger partial charge in [-0.15, -0.1) is 0 Å². The average Bonchev–Trinajstić information content (AvgIpc) is 2.44. The first kappa shape index (κ1) is 15.5. The van der Waals surface area contributed by atoms with Gasteiger partial charge in [0, 0.05) is 18.0 Å². The minimum Gasteiger partial charge on any atom is -0.480 e. The van der Waals surface area contributed by atoms with Crippen LogP contribution in [0.5, 0.6) is 0 Å². The van der Waals surface area contributed by atoms with E-state index < -0.39 is 12.0 Å². The molecule has 0 spiro atoms. The van der Waals surface area contributed by atoms with Crippen LogP contribution in [-0.2, 0) is 10.5 Å². The van der Waals surface area contributed by atoms with Crippen molar-refractivity contribution in [2.75, 3.05) is 5.75 Å². The average molecular weight is 307 g/mol. The highest BCUT2D eigenvalue weighted by Crippen LogP contribution is 2.12. The van der Waals surface area contributed by atoms with Crippen LogP contribution < -0.4 is 11.3 Å². The molecule has 0 radical (unpaired) electrons. The number of carbonyl (C=O) groups is 1. The lowest BCUT2D eigenvalue weighted by Gasteiger charge is -2.07. The van der Waals surface area contributed by atoms with Gasteiger partial charge in [-0.1, -0.05) is 6.07 Å². The fraction of sp³-hybridized carbons (Fsp3) is 0.357. The van der Waals surface area contributed by atoms with Gasteiger partial charge < -0.3 is 10.8 Å². The zero-order valence-electron chi connectivity index (χ0n) is 11.7. The van der Waals surface area contributed by atoms with E-state index in [1.54, 1.807) is 6.20 Å². The largest absolute Gasteiger partial charge is 0.480 e. The van der Waals surface area contributed by atoms with Gasteiger partial charge in [0.15, 0.2) is 0 Å². The van der Waals surface area contributed by atoms with Gasteiger partial charge in [0.2, 0.25) is 0 Å². The normalized spacial score (nSPS) is 12.5. The van der Waals surface area contributed by atoms with E-state index in [2.05, 4.69) is 4.98 Å². The molecule has 2 heterocycles.